The Balaban J connectivity index is 0.000000186. The Morgan fingerprint density at radius 3 is 1.03 bits per heavy atom. The number of aliphatic hydroxyl groups is 4. The summed E-state index contributed by atoms with van der Waals surface area (Å²) in [5, 5.41) is 39.5. The highest BCUT2D eigenvalue weighted by atomic mass is 19.2. The number of ether oxygens (including phenoxy) is 7. The highest BCUT2D eigenvalue weighted by Gasteiger charge is 2.62. The minimum atomic E-state index is -2.12. The molecular formula is C79H106F8N12O19. The summed E-state index contributed by atoms with van der Waals surface area (Å²) >= 11 is 0. The molecule has 9 N–H and O–H groups in total. The van der Waals surface area contributed by atoms with Gasteiger partial charge in [0, 0.05) is 72.9 Å². The molecule has 7 aromatic rings. The number of aromatic nitrogens is 10. The van der Waals surface area contributed by atoms with Gasteiger partial charge in [0.2, 0.25) is 0 Å². The molecule has 31 nitrogen and oxygen atoms in total. The van der Waals surface area contributed by atoms with Crippen molar-refractivity contribution < 1.29 is 88.7 Å². The van der Waals surface area contributed by atoms with Crippen LogP contribution in [0.15, 0.2) is 148 Å². The first-order chi connectivity index (χ1) is 55.5. The predicted molar refractivity (Wildman–Crippen MR) is 416 cm³/mol. The average molecular weight is 1680 g/mol. The number of methoxy groups -OCH3 is 2. The summed E-state index contributed by atoms with van der Waals surface area (Å²) in [5.41, 5.74) is 0.112. The molecule has 25 atom stereocenters. The summed E-state index contributed by atoms with van der Waals surface area (Å²) in [7, 11) is 3.10. The van der Waals surface area contributed by atoms with Gasteiger partial charge >= 0.3 is 28.4 Å². The number of halogens is 8. The first-order valence-corrected chi connectivity index (χ1v) is 38.6. The fraction of sp³-hybridized carbons (Fsp3) is 0.595. The van der Waals surface area contributed by atoms with Gasteiger partial charge in [0.05, 0.1) is 46.1 Å². The molecule has 0 radical (unpaired) electrons. The van der Waals surface area contributed by atoms with Crippen LogP contribution < -0.4 is 66.1 Å². The normalized spacial score (nSPS) is 31.5. The SMILES string of the molecule is CC[C@@]1([C@@H](C)O)O[C@@H](n2ccc(=O)n(Cc3ccc(OC)cc3)c2=O)[C@H](F)[C@@H]1C.CC[C@@]1([C@H](C)F)O[C@@H](n2ccc(=O)[nH]c2=O)[C@H](F)[C@@H]1C.CC[C@@]1([C@H](C)F)O[C@@H](n2ccc(N)nc2=O)[C@H](F)[C@@H]1C.CC[C@@]1([C@H](C)O)O[C@@H](n2ccc(=O)n(Cc3ccc(OC)cc3)c2=O)[C@H](F)[C@@H]1C.C[C@H](F)[C@]1(CO)O[C@@H](n2ccc(N)nc2=O)[C@H](F)[C@@H]1O. The number of H-pyrrole nitrogens is 1. The molecule has 5 fully saturated rings. The number of hydrogen-bond acceptors (Lipinski definition) is 23. The highest BCUT2D eigenvalue weighted by Crippen LogP contribution is 2.51. The lowest BCUT2D eigenvalue weighted by Crippen LogP contribution is -2.52. The van der Waals surface area contributed by atoms with E-state index in [4.69, 9.17) is 44.6 Å². The van der Waals surface area contributed by atoms with Crippen molar-refractivity contribution in [3.8, 4) is 11.5 Å². The van der Waals surface area contributed by atoms with Crippen molar-refractivity contribution in [2.75, 3.05) is 32.3 Å². The molecular weight excluding hydrogens is 1570 g/mol. The minimum Gasteiger partial charge on any atom is -0.497 e. The lowest BCUT2D eigenvalue weighted by molar-refractivity contribution is -0.161. The van der Waals surface area contributed by atoms with E-state index in [1.165, 1.54) is 62.9 Å². The summed E-state index contributed by atoms with van der Waals surface area (Å²) in [5.74, 6) is -1.29. The molecule has 5 aliphatic rings. The summed E-state index contributed by atoms with van der Waals surface area (Å²) < 4.78 is 160. The molecule has 5 aliphatic heterocycles. The smallest absolute Gasteiger partial charge is 0.351 e. The van der Waals surface area contributed by atoms with E-state index in [1.54, 1.807) is 118 Å². The topological polar surface area (TPSA) is 410 Å². The molecule has 118 heavy (non-hydrogen) atoms. The molecule has 0 saturated carbocycles. The van der Waals surface area contributed by atoms with Crippen molar-refractivity contribution in [3.05, 3.63) is 204 Å². The number of aliphatic hydroxyl groups excluding tert-OH is 4. The maximum absolute atomic E-state index is 15.1. The van der Waals surface area contributed by atoms with E-state index in [-0.39, 0.29) is 24.7 Å². The van der Waals surface area contributed by atoms with Crippen LogP contribution in [0.2, 0.25) is 0 Å². The van der Waals surface area contributed by atoms with E-state index in [1.807, 2.05) is 18.8 Å². The zero-order chi connectivity index (χ0) is 87.9. The van der Waals surface area contributed by atoms with Crippen LogP contribution in [0.4, 0.5) is 46.8 Å². The van der Waals surface area contributed by atoms with Crippen molar-refractivity contribution in [1.82, 2.24) is 46.9 Å². The van der Waals surface area contributed by atoms with Crippen LogP contribution in [-0.4, -0.2) is 184 Å². The monoisotopic (exact) mass is 1680 g/mol. The van der Waals surface area contributed by atoms with Gasteiger partial charge in [-0.1, -0.05) is 79.7 Å². The Bertz CT molecular complexity index is 4790. The third kappa shape index (κ3) is 18.2. The van der Waals surface area contributed by atoms with Gasteiger partial charge in [-0.2, -0.15) is 9.97 Å². The number of anilines is 2. The van der Waals surface area contributed by atoms with Crippen molar-refractivity contribution >= 4 is 11.6 Å². The van der Waals surface area contributed by atoms with Gasteiger partial charge in [-0.05, 0) is 108 Å². The zero-order valence-electron chi connectivity index (χ0n) is 68.0. The fourth-order valence-electron chi connectivity index (χ4n) is 16.2. The Hall–Kier alpha value is -9.48. The lowest BCUT2D eigenvalue weighted by Gasteiger charge is -2.34. The third-order valence-corrected chi connectivity index (χ3v) is 23.9. The molecule has 39 heteroatoms. The van der Waals surface area contributed by atoms with Gasteiger partial charge in [0.15, 0.2) is 67.6 Å². The first kappa shape index (κ1) is 94.0. The van der Waals surface area contributed by atoms with E-state index in [0.29, 0.717) is 37.2 Å². The number of nitrogen functional groups attached to an aromatic ring is 2. The van der Waals surface area contributed by atoms with Gasteiger partial charge in [-0.3, -0.25) is 51.3 Å². The quantitative estimate of drug-likeness (QED) is 0.0367. The molecule has 0 spiro atoms. The molecule has 652 valence electrons. The third-order valence-electron chi connectivity index (χ3n) is 23.9. The Labute approximate surface area is 672 Å². The van der Waals surface area contributed by atoms with Gasteiger partial charge in [-0.15, -0.1) is 0 Å². The summed E-state index contributed by atoms with van der Waals surface area (Å²) in [6.45, 7) is 19.5. The van der Waals surface area contributed by atoms with Crippen LogP contribution in [0, 0.1) is 23.7 Å². The number of rotatable bonds is 21. The minimum absolute atomic E-state index is 0.0387. The molecule has 2 aromatic carbocycles. The Morgan fingerprint density at radius 1 is 0.449 bits per heavy atom. The largest absolute Gasteiger partial charge is 0.497 e. The second kappa shape index (κ2) is 38.3. The van der Waals surface area contributed by atoms with Crippen LogP contribution in [0.1, 0.15) is 158 Å². The maximum atomic E-state index is 15.1. The summed E-state index contributed by atoms with van der Waals surface area (Å²) in [6, 6.07) is 20.1. The molecule has 0 bridgehead atoms. The van der Waals surface area contributed by atoms with E-state index in [2.05, 4.69) is 9.97 Å². The van der Waals surface area contributed by atoms with Gasteiger partial charge in [-0.25, -0.2) is 59.1 Å². The molecule has 10 heterocycles. The number of nitrogens with two attached hydrogens (primary N) is 2. The molecule has 0 unspecified atom stereocenters. The van der Waals surface area contributed by atoms with Crippen molar-refractivity contribution in [2.24, 2.45) is 23.7 Å². The molecule has 0 amide bonds. The second-order valence-corrected chi connectivity index (χ2v) is 30.1. The van der Waals surface area contributed by atoms with Crippen molar-refractivity contribution in [2.45, 2.75) is 256 Å². The van der Waals surface area contributed by atoms with E-state index in [0.717, 1.165) is 62.3 Å². The van der Waals surface area contributed by atoms with Crippen LogP contribution >= 0.6 is 0 Å². The van der Waals surface area contributed by atoms with Gasteiger partial charge < -0.3 is 65.1 Å². The number of hydrogen-bond donors (Lipinski definition) is 7. The van der Waals surface area contributed by atoms with Crippen LogP contribution in [0.25, 0.3) is 0 Å². The molecule has 5 saturated heterocycles. The second-order valence-electron chi connectivity index (χ2n) is 30.1. The Morgan fingerprint density at radius 2 is 0.746 bits per heavy atom. The first-order valence-electron chi connectivity index (χ1n) is 38.6. The predicted octanol–water partition coefficient (Wildman–Crippen LogP) is 6.72. The van der Waals surface area contributed by atoms with Crippen molar-refractivity contribution in [1.29, 1.82) is 0 Å². The van der Waals surface area contributed by atoms with Crippen LogP contribution in [-0.2, 0) is 36.8 Å². The molecule has 0 aliphatic carbocycles. The zero-order valence-corrected chi connectivity index (χ0v) is 68.0. The molecule has 5 aromatic heterocycles. The molecule has 12 rings (SSSR count). The highest BCUT2D eigenvalue weighted by molar-refractivity contribution is 5.29. The van der Waals surface area contributed by atoms with Crippen LogP contribution in [0.5, 0.6) is 11.5 Å². The summed E-state index contributed by atoms with van der Waals surface area (Å²) in [4.78, 5) is 106. The number of benzene rings is 2. The van der Waals surface area contributed by atoms with Crippen molar-refractivity contribution in [3.63, 3.8) is 0 Å². The number of aromatic amines is 1. The number of alkyl halides is 8. The standard InChI is InChI=1S/2C21H27FN2O5.C13H19F2N3O2.C13H18F2N2O3.C11H15F2N3O4/c2*1-5-21(14(3)25)13(2)18(22)19(29-21)23-11-10-17(26)24(20(23)27)12-15-6-8-16(28-4)9-7-15;1-4-13(8(3)14)7(2)10(15)11(20-13)18-6-5-9(16)17-12(18)19;1-4-13(8(3)14)7(2)10(15)11(20-13)17-6-5-9(18)16-12(17)19;1-5(12)11(4-17)8(18)7(13)9(20-11)16-3-2-6(14)15-10(16)19/h2*6-11,13-14,18-19,25H,5,12H2,1-4H3;5-8,10-11H,4H2,1-3H3,(H2,16,17,19);5-8,10-11H,4H2,1-3H3,(H,16,18,19);2-3,5,7-9,17-18H,4H2,1H3,(H2,14,15,19)/t13-,14+,18+,19+,21+;13-,14-,18+,19+,21+;2*7-,8-,10+,11+,13+;5-,7+,8-,9+,11-/m00000/s1. The van der Waals surface area contributed by atoms with E-state index >= 15 is 8.78 Å². The maximum Gasteiger partial charge on any atom is 0.351 e. The van der Waals surface area contributed by atoms with E-state index < -0.39 is 202 Å². The Kier molecular flexibility index (Phi) is 30.5. The fourth-order valence-corrected chi connectivity index (χ4v) is 16.2. The average Bonchev–Trinajstić information content (AvgIpc) is 1.61. The van der Waals surface area contributed by atoms with Crippen LogP contribution in [0.3, 0.4) is 0 Å². The van der Waals surface area contributed by atoms with E-state index in [9.17, 15) is 85.1 Å². The number of nitrogens with zero attached hydrogens (tertiary/aromatic N) is 9. The van der Waals surface area contributed by atoms with Gasteiger partial charge in [0.25, 0.3) is 16.7 Å². The van der Waals surface area contributed by atoms with Gasteiger partial charge in [0.1, 0.15) is 70.2 Å². The lowest BCUT2D eigenvalue weighted by atomic mass is 9.81. The number of nitrogens with one attached hydrogen (secondary N) is 1. The summed E-state index contributed by atoms with van der Waals surface area (Å²) in [6.07, 6.45) is -15.3.